The van der Waals surface area contributed by atoms with E-state index in [2.05, 4.69) is 0 Å². The number of benzene rings is 1. The van der Waals surface area contributed by atoms with Gasteiger partial charge < -0.3 is 14.7 Å². The van der Waals surface area contributed by atoms with Crippen molar-refractivity contribution in [1.29, 1.82) is 0 Å². The number of carbonyl (C=O) groups excluding carboxylic acids is 1. The minimum Gasteiger partial charge on any atom is -0.493 e. The number of nitrogens with zero attached hydrogens (tertiary/aromatic N) is 1. The molecule has 1 N–H and O–H groups in total. The molecule has 0 saturated carbocycles. The third kappa shape index (κ3) is 3.23. The fraction of sp³-hybridized carbons (Fsp3) is 0.500. The highest BCUT2D eigenvalue weighted by atomic mass is 16.5. The summed E-state index contributed by atoms with van der Waals surface area (Å²) in [4.78, 5) is 13.5. The number of aryl methyl sites for hydroxylation is 1. The molecular formula is C14H19NO3. The molecule has 1 aromatic rings. The number of aliphatic hydroxyl groups excluding tert-OH is 1. The van der Waals surface area contributed by atoms with Crippen molar-refractivity contribution in [2.24, 2.45) is 5.92 Å². The van der Waals surface area contributed by atoms with Gasteiger partial charge in [0.05, 0.1) is 13.0 Å². The summed E-state index contributed by atoms with van der Waals surface area (Å²) in [6.45, 7) is 3.94. The lowest BCUT2D eigenvalue weighted by molar-refractivity contribution is -0.138. The fourth-order valence-electron chi connectivity index (χ4n) is 2.01. The molecule has 0 aromatic heterocycles. The monoisotopic (exact) mass is 249 g/mol. The Morgan fingerprint density at radius 3 is 2.94 bits per heavy atom. The van der Waals surface area contributed by atoms with Crippen LogP contribution in [0.25, 0.3) is 0 Å². The van der Waals surface area contributed by atoms with Gasteiger partial charge in [0.2, 0.25) is 5.91 Å². The van der Waals surface area contributed by atoms with Crippen LogP contribution in [0.3, 0.4) is 0 Å². The quantitative estimate of drug-likeness (QED) is 0.853. The first-order valence-corrected chi connectivity index (χ1v) is 6.27. The van der Waals surface area contributed by atoms with Crippen LogP contribution in [0.2, 0.25) is 0 Å². The van der Waals surface area contributed by atoms with Crippen molar-refractivity contribution in [2.45, 2.75) is 13.3 Å². The zero-order valence-corrected chi connectivity index (χ0v) is 10.6. The Morgan fingerprint density at radius 2 is 2.28 bits per heavy atom. The average Bonchev–Trinajstić information content (AvgIpc) is 2.27. The number of carbonyl (C=O) groups is 1. The molecule has 4 heteroatoms. The minimum atomic E-state index is 0.104. The molecule has 18 heavy (non-hydrogen) atoms. The van der Waals surface area contributed by atoms with E-state index in [1.165, 1.54) is 0 Å². The van der Waals surface area contributed by atoms with E-state index in [1.807, 2.05) is 31.2 Å². The van der Waals surface area contributed by atoms with Gasteiger partial charge in [0.15, 0.2) is 0 Å². The Bertz CT molecular complexity index is 413. The Hall–Kier alpha value is -1.55. The largest absolute Gasteiger partial charge is 0.493 e. The number of ether oxygens (including phenoxy) is 1. The molecule has 2 rings (SSSR count). The van der Waals surface area contributed by atoms with Crippen molar-refractivity contribution >= 4 is 5.91 Å². The topological polar surface area (TPSA) is 49.8 Å². The SMILES string of the molecule is Cc1cccc(OCCC(=O)N2CC(CO)C2)c1. The van der Waals surface area contributed by atoms with Crippen molar-refractivity contribution in [2.75, 3.05) is 26.3 Å². The molecule has 0 atom stereocenters. The lowest BCUT2D eigenvalue weighted by Gasteiger charge is -2.38. The Balaban J connectivity index is 1.68. The van der Waals surface area contributed by atoms with Crippen LogP contribution >= 0.6 is 0 Å². The maximum Gasteiger partial charge on any atom is 0.226 e. The van der Waals surface area contributed by atoms with Crippen LogP contribution in [-0.2, 0) is 4.79 Å². The van der Waals surface area contributed by atoms with Crippen LogP contribution in [-0.4, -0.2) is 42.2 Å². The van der Waals surface area contributed by atoms with Crippen molar-refractivity contribution < 1.29 is 14.6 Å². The van der Waals surface area contributed by atoms with Crippen molar-refractivity contribution in [3.8, 4) is 5.75 Å². The number of likely N-dealkylation sites (tertiary alicyclic amines) is 1. The summed E-state index contributed by atoms with van der Waals surface area (Å²) in [6, 6.07) is 7.79. The summed E-state index contributed by atoms with van der Waals surface area (Å²) >= 11 is 0. The Labute approximate surface area is 107 Å². The van der Waals surface area contributed by atoms with Gasteiger partial charge in [0.25, 0.3) is 0 Å². The highest BCUT2D eigenvalue weighted by molar-refractivity contribution is 5.77. The van der Waals surface area contributed by atoms with Gasteiger partial charge in [-0.25, -0.2) is 0 Å². The molecule has 0 bridgehead atoms. The molecule has 1 aliphatic heterocycles. The van der Waals surface area contributed by atoms with Crippen LogP contribution < -0.4 is 4.74 Å². The molecule has 4 nitrogen and oxygen atoms in total. The van der Waals surface area contributed by atoms with Gasteiger partial charge >= 0.3 is 0 Å². The normalized spacial score (nSPS) is 15.3. The number of hydrogen-bond donors (Lipinski definition) is 1. The van der Waals surface area contributed by atoms with Crippen molar-refractivity contribution in [3.05, 3.63) is 29.8 Å². The summed E-state index contributed by atoms with van der Waals surface area (Å²) in [6.07, 6.45) is 0.395. The average molecular weight is 249 g/mol. The van der Waals surface area contributed by atoms with Crippen molar-refractivity contribution in [3.63, 3.8) is 0 Å². The summed E-state index contributed by atoms with van der Waals surface area (Å²) in [7, 11) is 0. The van der Waals surface area contributed by atoms with Gasteiger partial charge in [-0.15, -0.1) is 0 Å². The maximum absolute atomic E-state index is 11.7. The molecule has 1 saturated heterocycles. The first-order valence-electron chi connectivity index (χ1n) is 6.27. The van der Waals surface area contributed by atoms with E-state index in [-0.39, 0.29) is 18.4 Å². The zero-order valence-electron chi connectivity index (χ0n) is 10.6. The smallest absolute Gasteiger partial charge is 0.226 e. The van der Waals surface area contributed by atoms with Gasteiger partial charge in [-0.1, -0.05) is 12.1 Å². The lowest BCUT2D eigenvalue weighted by Crippen LogP contribution is -2.51. The molecule has 1 fully saturated rings. The second kappa shape index (κ2) is 5.87. The van der Waals surface area contributed by atoms with Crippen LogP contribution in [0.4, 0.5) is 0 Å². The van der Waals surface area contributed by atoms with Crippen LogP contribution in [0.15, 0.2) is 24.3 Å². The van der Waals surface area contributed by atoms with Gasteiger partial charge in [0, 0.05) is 25.6 Å². The minimum absolute atomic E-state index is 0.104. The third-order valence-electron chi connectivity index (χ3n) is 3.14. The Morgan fingerprint density at radius 1 is 1.50 bits per heavy atom. The van der Waals surface area contributed by atoms with Gasteiger partial charge in [-0.3, -0.25) is 4.79 Å². The van der Waals surface area contributed by atoms with Gasteiger partial charge in [-0.05, 0) is 24.6 Å². The van der Waals surface area contributed by atoms with E-state index < -0.39 is 0 Å². The van der Waals surface area contributed by atoms with E-state index in [1.54, 1.807) is 4.90 Å². The molecule has 1 aromatic carbocycles. The molecule has 1 aliphatic rings. The standard InChI is InChI=1S/C14H19NO3/c1-11-3-2-4-13(7-11)18-6-5-14(17)15-8-12(9-15)10-16/h2-4,7,12,16H,5-6,8-10H2,1H3. The zero-order chi connectivity index (χ0) is 13.0. The van der Waals surface area contributed by atoms with Crippen molar-refractivity contribution in [1.82, 2.24) is 4.90 Å². The summed E-state index contributed by atoms with van der Waals surface area (Å²) in [5.74, 6) is 1.18. The first-order chi connectivity index (χ1) is 8.69. The Kier molecular flexibility index (Phi) is 4.20. The molecule has 0 unspecified atom stereocenters. The van der Waals surface area contributed by atoms with E-state index in [9.17, 15) is 4.79 Å². The highest BCUT2D eigenvalue weighted by Crippen LogP contribution is 2.16. The summed E-state index contributed by atoms with van der Waals surface area (Å²) < 4.78 is 5.53. The van der Waals surface area contributed by atoms with E-state index in [4.69, 9.17) is 9.84 Å². The first kappa shape index (κ1) is 12.9. The van der Waals surface area contributed by atoms with E-state index in [0.717, 1.165) is 11.3 Å². The van der Waals surface area contributed by atoms with Gasteiger partial charge in [-0.2, -0.15) is 0 Å². The summed E-state index contributed by atoms with van der Waals surface area (Å²) in [5, 5.41) is 8.87. The fourth-order valence-corrected chi connectivity index (χ4v) is 2.01. The number of amides is 1. The molecule has 1 amide bonds. The number of aliphatic hydroxyl groups is 1. The predicted octanol–water partition coefficient (Wildman–Crippen LogP) is 1.21. The van der Waals surface area contributed by atoms with E-state index in [0.29, 0.717) is 26.1 Å². The summed E-state index contributed by atoms with van der Waals surface area (Å²) in [5.41, 5.74) is 1.15. The van der Waals surface area contributed by atoms with Gasteiger partial charge in [0.1, 0.15) is 5.75 Å². The maximum atomic E-state index is 11.7. The molecular weight excluding hydrogens is 230 g/mol. The number of hydrogen-bond acceptors (Lipinski definition) is 3. The number of rotatable bonds is 5. The van der Waals surface area contributed by atoms with E-state index >= 15 is 0 Å². The van der Waals surface area contributed by atoms with Crippen LogP contribution in [0, 0.1) is 12.8 Å². The predicted molar refractivity (Wildman–Crippen MR) is 68.4 cm³/mol. The van der Waals surface area contributed by atoms with Crippen LogP contribution in [0.5, 0.6) is 5.75 Å². The lowest BCUT2D eigenvalue weighted by atomic mass is 10.0. The third-order valence-corrected chi connectivity index (χ3v) is 3.14. The molecule has 98 valence electrons. The molecule has 0 aliphatic carbocycles. The second-order valence-corrected chi connectivity index (χ2v) is 4.76. The van der Waals surface area contributed by atoms with Crippen LogP contribution in [0.1, 0.15) is 12.0 Å². The highest BCUT2D eigenvalue weighted by Gasteiger charge is 2.29. The second-order valence-electron chi connectivity index (χ2n) is 4.76. The molecule has 0 radical (unpaired) electrons. The molecule has 0 spiro atoms. The molecule has 1 heterocycles.